The van der Waals surface area contributed by atoms with E-state index in [1.165, 1.54) is 11.1 Å². The number of amides is 1. The lowest BCUT2D eigenvalue weighted by atomic mass is 10.0. The number of anilines is 1. The van der Waals surface area contributed by atoms with Crippen LogP contribution in [-0.4, -0.2) is 25.8 Å². The first-order chi connectivity index (χ1) is 17.1. The average molecular weight is 483 g/mol. The molecule has 1 saturated carbocycles. The minimum absolute atomic E-state index is 0.160. The molecule has 1 amide bonds. The summed E-state index contributed by atoms with van der Waals surface area (Å²) in [6, 6.07) is 11.3. The van der Waals surface area contributed by atoms with Crippen molar-refractivity contribution in [2.24, 2.45) is 0 Å². The molecule has 4 heterocycles. The van der Waals surface area contributed by atoms with E-state index < -0.39 is 0 Å². The molecule has 35 heavy (non-hydrogen) atoms. The Hall–Kier alpha value is -3.93. The molecular weight excluding hydrogens is 464 g/mol. The molecule has 4 aromatic rings. The molecule has 1 fully saturated rings. The summed E-state index contributed by atoms with van der Waals surface area (Å²) in [6.07, 6.45) is 6.81. The summed E-state index contributed by atoms with van der Waals surface area (Å²) in [5.74, 6) is 0.842. The largest absolute Gasteiger partial charge is 0.372 e. The molecule has 0 atom stereocenters. The second kappa shape index (κ2) is 8.69. The van der Waals surface area contributed by atoms with E-state index in [1.807, 2.05) is 18.2 Å². The molecule has 1 aromatic carbocycles. The highest BCUT2D eigenvalue weighted by molar-refractivity contribution is 6.30. The quantitative estimate of drug-likeness (QED) is 0.379. The summed E-state index contributed by atoms with van der Waals surface area (Å²) >= 11 is 6.40. The van der Waals surface area contributed by atoms with Crippen LogP contribution in [0.25, 0.3) is 10.9 Å². The fourth-order valence-corrected chi connectivity index (χ4v) is 4.62. The molecule has 0 spiro atoms. The molecular formula is C26H19ClN6O2. The number of hydrogen-bond donors (Lipinski definition) is 0. The number of hydrogen-bond acceptors (Lipinski definition) is 7. The first-order valence-electron chi connectivity index (χ1n) is 11.3. The predicted molar refractivity (Wildman–Crippen MR) is 129 cm³/mol. The molecule has 6 rings (SSSR count). The van der Waals surface area contributed by atoms with Gasteiger partial charge in [-0.2, -0.15) is 5.26 Å². The number of carbonyl (C=O) groups is 1. The Morgan fingerprint density at radius 1 is 1.14 bits per heavy atom. The Labute approximate surface area is 206 Å². The zero-order chi connectivity index (χ0) is 23.9. The fourth-order valence-electron chi connectivity index (χ4n) is 4.36. The Morgan fingerprint density at radius 3 is 2.71 bits per heavy atom. The van der Waals surface area contributed by atoms with E-state index in [9.17, 15) is 10.1 Å². The third-order valence-electron chi connectivity index (χ3n) is 6.34. The third-order valence-corrected chi connectivity index (χ3v) is 6.65. The number of aromatic nitrogens is 4. The molecule has 0 unspecified atom stereocenters. The van der Waals surface area contributed by atoms with Gasteiger partial charge in [-0.05, 0) is 42.2 Å². The van der Waals surface area contributed by atoms with Gasteiger partial charge < -0.3 is 9.64 Å². The maximum absolute atomic E-state index is 13.6. The molecule has 1 aliphatic heterocycles. The molecule has 3 aromatic heterocycles. The predicted octanol–water partition coefficient (Wildman–Crippen LogP) is 4.70. The first kappa shape index (κ1) is 21.6. The summed E-state index contributed by atoms with van der Waals surface area (Å²) < 4.78 is 5.56. The molecule has 0 saturated heterocycles. The molecule has 172 valence electrons. The minimum atomic E-state index is -0.315. The number of nitriles is 1. The maximum Gasteiger partial charge on any atom is 0.261 e. The van der Waals surface area contributed by atoms with Crippen LogP contribution in [0.3, 0.4) is 0 Å². The van der Waals surface area contributed by atoms with Gasteiger partial charge in [0.05, 0.1) is 36.5 Å². The van der Waals surface area contributed by atoms with Crippen LogP contribution in [0, 0.1) is 11.3 Å². The van der Waals surface area contributed by atoms with Crippen molar-refractivity contribution in [3.63, 3.8) is 0 Å². The number of carbonyl (C=O) groups excluding carboxylic acids is 1. The van der Waals surface area contributed by atoms with Gasteiger partial charge >= 0.3 is 0 Å². The standard InChI is InChI=1S/C26H19ClN6O2/c27-24-20-14-35-13-19(20)18-6-3-15(8-21(18)32-24)12-33(23-2-1-7-29-22(23)9-28)26(34)17-10-30-25(31-11-17)16-4-5-16/h1-3,6-8,10-11,16H,4-5,12-14H2. The van der Waals surface area contributed by atoms with E-state index in [0.717, 1.165) is 46.3 Å². The summed E-state index contributed by atoms with van der Waals surface area (Å²) in [7, 11) is 0. The number of halogens is 1. The van der Waals surface area contributed by atoms with Gasteiger partial charge in [-0.25, -0.2) is 19.9 Å². The number of nitrogens with zero attached hydrogens (tertiary/aromatic N) is 6. The van der Waals surface area contributed by atoms with Crippen LogP contribution in [0.5, 0.6) is 0 Å². The minimum Gasteiger partial charge on any atom is -0.372 e. The van der Waals surface area contributed by atoms with Gasteiger partial charge in [0.1, 0.15) is 17.0 Å². The van der Waals surface area contributed by atoms with Crippen LogP contribution in [0.1, 0.15) is 57.3 Å². The van der Waals surface area contributed by atoms with Crippen LogP contribution >= 0.6 is 11.6 Å². The zero-order valence-electron chi connectivity index (χ0n) is 18.6. The molecule has 0 bridgehead atoms. The van der Waals surface area contributed by atoms with Crippen molar-refractivity contribution in [3.8, 4) is 6.07 Å². The van der Waals surface area contributed by atoms with Gasteiger partial charge in [-0.3, -0.25) is 4.79 Å². The SMILES string of the molecule is N#Cc1ncccc1N(Cc1ccc2c3c(c(Cl)nc2c1)COC3)C(=O)c1cnc(C2CC2)nc1. The van der Waals surface area contributed by atoms with Crippen LogP contribution < -0.4 is 4.90 Å². The Kier molecular flexibility index (Phi) is 5.36. The van der Waals surface area contributed by atoms with E-state index in [-0.39, 0.29) is 18.1 Å². The van der Waals surface area contributed by atoms with E-state index >= 15 is 0 Å². The molecule has 9 heteroatoms. The lowest BCUT2D eigenvalue weighted by Gasteiger charge is -2.23. The second-order valence-electron chi connectivity index (χ2n) is 8.68. The number of pyridine rings is 2. The molecule has 8 nitrogen and oxygen atoms in total. The lowest BCUT2D eigenvalue weighted by Crippen LogP contribution is -2.31. The van der Waals surface area contributed by atoms with E-state index in [2.05, 4.69) is 26.0 Å². The van der Waals surface area contributed by atoms with Crippen molar-refractivity contribution in [3.05, 3.63) is 87.8 Å². The summed E-state index contributed by atoms with van der Waals surface area (Å²) in [6.45, 7) is 1.16. The van der Waals surface area contributed by atoms with Crippen molar-refractivity contribution < 1.29 is 9.53 Å². The Morgan fingerprint density at radius 2 is 1.94 bits per heavy atom. The molecule has 1 aliphatic carbocycles. The number of ether oxygens (including phenoxy) is 1. The molecule has 2 aliphatic rings. The number of rotatable bonds is 5. The topological polar surface area (TPSA) is 105 Å². The highest BCUT2D eigenvalue weighted by Crippen LogP contribution is 2.38. The second-order valence-corrected chi connectivity index (χ2v) is 9.04. The van der Waals surface area contributed by atoms with Crippen molar-refractivity contribution in [2.45, 2.75) is 38.5 Å². The maximum atomic E-state index is 13.6. The Balaban J connectivity index is 1.39. The normalized spacial score (nSPS) is 14.5. The van der Waals surface area contributed by atoms with E-state index in [0.29, 0.717) is 35.5 Å². The third kappa shape index (κ3) is 3.99. The fraction of sp³-hybridized carbons (Fsp3) is 0.231. The van der Waals surface area contributed by atoms with Crippen molar-refractivity contribution in [2.75, 3.05) is 4.90 Å². The molecule has 0 N–H and O–H groups in total. The molecule has 0 radical (unpaired) electrons. The summed E-state index contributed by atoms with van der Waals surface area (Å²) in [5, 5.41) is 11.1. The number of benzene rings is 1. The van der Waals surface area contributed by atoms with Crippen molar-refractivity contribution in [1.29, 1.82) is 5.26 Å². The lowest BCUT2D eigenvalue weighted by molar-refractivity contribution is 0.0984. The smallest absolute Gasteiger partial charge is 0.261 e. The average Bonchev–Trinajstić information content (AvgIpc) is 3.62. The van der Waals surface area contributed by atoms with E-state index in [4.69, 9.17) is 16.3 Å². The van der Waals surface area contributed by atoms with Gasteiger partial charge in [0.15, 0.2) is 5.69 Å². The van der Waals surface area contributed by atoms with Gasteiger partial charge in [0.25, 0.3) is 5.91 Å². The van der Waals surface area contributed by atoms with E-state index in [1.54, 1.807) is 24.5 Å². The zero-order valence-corrected chi connectivity index (χ0v) is 19.4. The highest BCUT2D eigenvalue weighted by Gasteiger charge is 2.28. The number of fused-ring (bicyclic) bond motifs is 3. The highest BCUT2D eigenvalue weighted by atomic mass is 35.5. The first-order valence-corrected chi connectivity index (χ1v) is 11.7. The summed E-state index contributed by atoms with van der Waals surface area (Å²) in [5.41, 5.74) is 4.45. The van der Waals surface area contributed by atoms with Gasteiger partial charge in [0, 0.05) is 35.5 Å². The van der Waals surface area contributed by atoms with Crippen LogP contribution in [0.4, 0.5) is 5.69 Å². The monoisotopic (exact) mass is 482 g/mol. The van der Waals surface area contributed by atoms with Crippen LogP contribution in [-0.2, 0) is 24.5 Å². The van der Waals surface area contributed by atoms with Gasteiger partial charge in [-0.1, -0.05) is 23.7 Å². The van der Waals surface area contributed by atoms with Crippen molar-refractivity contribution in [1.82, 2.24) is 19.9 Å². The van der Waals surface area contributed by atoms with Crippen LogP contribution in [0.15, 0.2) is 48.9 Å². The van der Waals surface area contributed by atoms with Crippen molar-refractivity contribution >= 4 is 34.1 Å². The van der Waals surface area contributed by atoms with Gasteiger partial charge in [0.2, 0.25) is 0 Å². The summed E-state index contributed by atoms with van der Waals surface area (Å²) in [4.78, 5) is 32.7. The Bertz CT molecular complexity index is 1510. The van der Waals surface area contributed by atoms with Gasteiger partial charge in [-0.15, -0.1) is 0 Å². The van der Waals surface area contributed by atoms with Crippen LogP contribution in [0.2, 0.25) is 5.15 Å².